The number of anilines is 2. The van der Waals surface area contributed by atoms with E-state index >= 15 is 0 Å². The van der Waals surface area contributed by atoms with Crippen molar-refractivity contribution in [3.05, 3.63) is 55.9 Å². The standard InChI is InChI=1S/C14H10BrCl3N2O/c15-10-4-5-11(14(18)13(10)17)19-7-12(21)20-9-3-1-2-8(16)6-9/h1-6,19H,7H2,(H,20,21). The maximum atomic E-state index is 11.9. The summed E-state index contributed by atoms with van der Waals surface area (Å²) < 4.78 is 0.697. The lowest BCUT2D eigenvalue weighted by Crippen LogP contribution is -2.21. The van der Waals surface area contributed by atoms with Gasteiger partial charge in [-0.05, 0) is 46.3 Å². The van der Waals surface area contributed by atoms with Crippen LogP contribution in [0, 0.1) is 0 Å². The number of carbonyl (C=O) groups is 1. The molecular formula is C14H10BrCl3N2O. The Morgan fingerprint density at radius 2 is 1.86 bits per heavy atom. The zero-order valence-electron chi connectivity index (χ0n) is 10.6. The van der Waals surface area contributed by atoms with Crippen LogP contribution in [0.4, 0.5) is 11.4 Å². The van der Waals surface area contributed by atoms with Gasteiger partial charge in [0.05, 0.1) is 22.3 Å². The molecule has 0 radical (unpaired) electrons. The van der Waals surface area contributed by atoms with Crippen LogP contribution in [0.25, 0.3) is 0 Å². The molecule has 0 aliphatic heterocycles. The van der Waals surface area contributed by atoms with Crippen LogP contribution in [-0.2, 0) is 4.79 Å². The Kier molecular flexibility index (Phi) is 5.76. The van der Waals surface area contributed by atoms with E-state index in [0.29, 0.717) is 30.9 Å². The maximum Gasteiger partial charge on any atom is 0.243 e. The molecule has 2 N–H and O–H groups in total. The lowest BCUT2D eigenvalue weighted by Gasteiger charge is -2.11. The number of nitrogens with one attached hydrogen (secondary N) is 2. The van der Waals surface area contributed by atoms with Crippen molar-refractivity contribution >= 4 is 68.0 Å². The number of hydrogen-bond acceptors (Lipinski definition) is 2. The summed E-state index contributed by atoms with van der Waals surface area (Å²) in [5.41, 5.74) is 1.22. The van der Waals surface area contributed by atoms with Gasteiger partial charge in [-0.3, -0.25) is 4.79 Å². The fraction of sp³-hybridized carbons (Fsp3) is 0.0714. The van der Waals surface area contributed by atoms with E-state index in [2.05, 4.69) is 26.6 Å². The molecule has 0 fully saturated rings. The normalized spacial score (nSPS) is 10.3. The van der Waals surface area contributed by atoms with Crippen molar-refractivity contribution in [2.75, 3.05) is 17.2 Å². The SMILES string of the molecule is O=C(CNc1ccc(Br)c(Cl)c1Cl)Nc1cccc(Cl)c1. The fourth-order valence-electron chi connectivity index (χ4n) is 1.61. The Hall–Kier alpha value is -0.940. The molecule has 1 amide bonds. The zero-order valence-corrected chi connectivity index (χ0v) is 14.4. The molecule has 3 nitrogen and oxygen atoms in total. The summed E-state index contributed by atoms with van der Waals surface area (Å²) in [6.07, 6.45) is 0. The first kappa shape index (κ1) is 16.4. The van der Waals surface area contributed by atoms with Crippen molar-refractivity contribution in [2.45, 2.75) is 0 Å². The predicted molar refractivity (Wildman–Crippen MR) is 92.7 cm³/mol. The fourth-order valence-corrected chi connectivity index (χ4v) is 2.64. The Bertz CT molecular complexity index is 679. The minimum atomic E-state index is -0.215. The van der Waals surface area contributed by atoms with Gasteiger partial charge in [0.25, 0.3) is 0 Å². The van der Waals surface area contributed by atoms with Gasteiger partial charge in [-0.15, -0.1) is 0 Å². The van der Waals surface area contributed by atoms with E-state index in [1.165, 1.54) is 0 Å². The molecule has 0 saturated heterocycles. The number of rotatable bonds is 4. The highest BCUT2D eigenvalue weighted by molar-refractivity contribution is 9.10. The van der Waals surface area contributed by atoms with Crippen molar-refractivity contribution in [1.29, 1.82) is 0 Å². The summed E-state index contributed by atoms with van der Waals surface area (Å²) in [7, 11) is 0. The molecule has 21 heavy (non-hydrogen) atoms. The second-order valence-corrected chi connectivity index (χ2v) is 6.18. The van der Waals surface area contributed by atoms with E-state index in [4.69, 9.17) is 34.8 Å². The lowest BCUT2D eigenvalue weighted by molar-refractivity contribution is -0.114. The number of amides is 1. The number of carbonyl (C=O) groups excluding carboxylic acids is 1. The third kappa shape index (κ3) is 4.51. The Morgan fingerprint density at radius 3 is 2.57 bits per heavy atom. The number of hydrogen-bond donors (Lipinski definition) is 2. The monoisotopic (exact) mass is 406 g/mol. The van der Waals surface area contributed by atoms with Crippen LogP contribution in [0.3, 0.4) is 0 Å². The predicted octanol–water partition coefficient (Wildman–Crippen LogP) is 5.46. The van der Waals surface area contributed by atoms with E-state index in [1.54, 1.807) is 36.4 Å². The molecule has 0 atom stereocenters. The van der Waals surface area contributed by atoms with E-state index in [-0.39, 0.29) is 12.5 Å². The molecule has 2 aromatic carbocycles. The van der Waals surface area contributed by atoms with Crippen molar-refractivity contribution in [3.63, 3.8) is 0 Å². The largest absolute Gasteiger partial charge is 0.375 e. The molecule has 0 bridgehead atoms. The van der Waals surface area contributed by atoms with Crippen LogP contribution >= 0.6 is 50.7 Å². The molecule has 110 valence electrons. The first-order chi connectivity index (χ1) is 9.97. The topological polar surface area (TPSA) is 41.1 Å². The lowest BCUT2D eigenvalue weighted by atomic mass is 10.3. The van der Waals surface area contributed by atoms with Crippen molar-refractivity contribution in [1.82, 2.24) is 0 Å². The molecule has 0 heterocycles. The molecule has 0 unspecified atom stereocenters. The number of benzene rings is 2. The highest BCUT2D eigenvalue weighted by Gasteiger charge is 2.09. The highest BCUT2D eigenvalue weighted by Crippen LogP contribution is 2.35. The van der Waals surface area contributed by atoms with E-state index in [9.17, 15) is 4.79 Å². The molecule has 7 heteroatoms. The van der Waals surface area contributed by atoms with Crippen LogP contribution in [0.5, 0.6) is 0 Å². The van der Waals surface area contributed by atoms with Gasteiger partial charge in [0.1, 0.15) is 0 Å². The van der Waals surface area contributed by atoms with Gasteiger partial charge in [0, 0.05) is 15.2 Å². The summed E-state index contributed by atoms with van der Waals surface area (Å²) in [4.78, 5) is 11.9. The van der Waals surface area contributed by atoms with Crippen LogP contribution in [-0.4, -0.2) is 12.5 Å². The maximum absolute atomic E-state index is 11.9. The summed E-state index contributed by atoms with van der Waals surface area (Å²) in [5, 5.41) is 6.98. The first-order valence-electron chi connectivity index (χ1n) is 5.90. The van der Waals surface area contributed by atoms with Gasteiger partial charge >= 0.3 is 0 Å². The average molecular weight is 409 g/mol. The van der Waals surface area contributed by atoms with Crippen LogP contribution in [0.15, 0.2) is 40.9 Å². The second kappa shape index (κ2) is 7.36. The molecule has 2 aromatic rings. The molecule has 0 aliphatic carbocycles. The van der Waals surface area contributed by atoms with Crippen molar-refractivity contribution in [2.24, 2.45) is 0 Å². The summed E-state index contributed by atoms with van der Waals surface area (Å²) in [6, 6.07) is 10.4. The average Bonchev–Trinajstić information content (AvgIpc) is 2.44. The first-order valence-corrected chi connectivity index (χ1v) is 7.83. The van der Waals surface area contributed by atoms with Gasteiger partial charge in [-0.25, -0.2) is 0 Å². The smallest absolute Gasteiger partial charge is 0.243 e. The zero-order chi connectivity index (χ0) is 15.4. The molecule has 0 spiro atoms. The van der Waals surface area contributed by atoms with Gasteiger partial charge in [-0.1, -0.05) is 40.9 Å². The summed E-state index contributed by atoms with van der Waals surface area (Å²) in [6.45, 7) is 0.0597. The molecule has 0 aromatic heterocycles. The molecule has 0 aliphatic rings. The molecular weight excluding hydrogens is 398 g/mol. The van der Waals surface area contributed by atoms with Crippen LogP contribution in [0.2, 0.25) is 15.1 Å². The number of halogens is 4. The molecule has 2 rings (SSSR count). The van der Waals surface area contributed by atoms with Crippen LogP contribution in [0.1, 0.15) is 0 Å². The second-order valence-electron chi connectivity index (χ2n) is 4.13. The van der Waals surface area contributed by atoms with Crippen molar-refractivity contribution in [3.8, 4) is 0 Å². The quantitative estimate of drug-likeness (QED) is 0.660. The Balaban J connectivity index is 1.97. The van der Waals surface area contributed by atoms with E-state index < -0.39 is 0 Å². The molecule has 0 saturated carbocycles. The third-order valence-electron chi connectivity index (χ3n) is 2.58. The van der Waals surface area contributed by atoms with E-state index in [0.717, 1.165) is 0 Å². The van der Waals surface area contributed by atoms with E-state index in [1.807, 2.05) is 0 Å². The van der Waals surface area contributed by atoms with Gasteiger partial charge in [0.2, 0.25) is 5.91 Å². The Labute approximate surface area is 145 Å². The summed E-state index contributed by atoms with van der Waals surface area (Å²) in [5.74, 6) is -0.215. The van der Waals surface area contributed by atoms with Crippen LogP contribution < -0.4 is 10.6 Å². The minimum Gasteiger partial charge on any atom is -0.375 e. The third-order valence-corrected chi connectivity index (χ3v) is 4.59. The van der Waals surface area contributed by atoms with Gasteiger partial charge in [-0.2, -0.15) is 0 Å². The van der Waals surface area contributed by atoms with Crippen molar-refractivity contribution < 1.29 is 4.79 Å². The highest BCUT2D eigenvalue weighted by atomic mass is 79.9. The Morgan fingerprint density at radius 1 is 1.10 bits per heavy atom. The van der Waals surface area contributed by atoms with Gasteiger partial charge in [0.15, 0.2) is 0 Å². The minimum absolute atomic E-state index is 0.0597. The van der Waals surface area contributed by atoms with Gasteiger partial charge < -0.3 is 10.6 Å². The summed E-state index contributed by atoms with van der Waals surface area (Å²) >= 11 is 21.2.